The minimum Gasteiger partial charge on any atom is -0.497 e. The minimum atomic E-state index is -4.57. The maximum Gasteiger partial charge on any atom is 0.273 e. The molecule has 0 spiro atoms. The molecule has 0 aromatic heterocycles. The van der Waals surface area contributed by atoms with Crippen molar-refractivity contribution in [3.05, 3.63) is 128 Å². The van der Waals surface area contributed by atoms with E-state index < -0.39 is 45.0 Å². The SMILES string of the molecule is CNC(=O)C(Cc1ccccc1)N(Cc1ccc(Cl)c(Cl)c1)C(=O)CN(c1ccc(OC)cc1)S(=O)(=O)c1ccc(C)c([N+](=O)[O-])c1. The van der Waals surface area contributed by atoms with Crippen LogP contribution in [0.3, 0.4) is 0 Å². The topological polar surface area (TPSA) is 139 Å². The number of benzene rings is 4. The van der Waals surface area contributed by atoms with Gasteiger partial charge in [-0.1, -0.05) is 65.7 Å². The van der Waals surface area contributed by atoms with Crippen LogP contribution in [0.25, 0.3) is 0 Å². The summed E-state index contributed by atoms with van der Waals surface area (Å²) in [7, 11) is -1.67. The third-order valence-corrected chi connectivity index (χ3v) is 9.97. The van der Waals surface area contributed by atoms with Gasteiger partial charge in [0.05, 0.1) is 32.7 Å². The summed E-state index contributed by atoms with van der Waals surface area (Å²) in [5.41, 5.74) is 1.28. The number of hydrogen-bond donors (Lipinski definition) is 1. The van der Waals surface area contributed by atoms with Crippen LogP contribution in [0.5, 0.6) is 5.75 Å². The van der Waals surface area contributed by atoms with Gasteiger partial charge in [0, 0.05) is 31.6 Å². The summed E-state index contributed by atoms with van der Waals surface area (Å²) in [4.78, 5) is 39.7. The van der Waals surface area contributed by atoms with Crippen molar-refractivity contribution >= 4 is 56.4 Å². The molecule has 2 amide bonds. The summed E-state index contributed by atoms with van der Waals surface area (Å²) in [5.74, 6) is -0.760. The first-order valence-corrected chi connectivity index (χ1v) is 16.5. The lowest BCUT2D eigenvalue weighted by molar-refractivity contribution is -0.385. The van der Waals surface area contributed by atoms with Crippen LogP contribution >= 0.6 is 23.2 Å². The molecule has 0 aliphatic heterocycles. The van der Waals surface area contributed by atoms with Crippen molar-refractivity contribution in [3.8, 4) is 5.75 Å². The number of anilines is 1. The average Bonchev–Trinajstić information content (AvgIpc) is 3.06. The number of sulfonamides is 1. The summed E-state index contributed by atoms with van der Waals surface area (Å²) in [6.45, 7) is 0.624. The summed E-state index contributed by atoms with van der Waals surface area (Å²) in [6.07, 6.45) is 0.118. The van der Waals surface area contributed by atoms with Crippen molar-refractivity contribution in [3.63, 3.8) is 0 Å². The van der Waals surface area contributed by atoms with Crippen molar-refractivity contribution in [1.82, 2.24) is 10.2 Å². The average molecular weight is 700 g/mol. The third-order valence-electron chi connectivity index (χ3n) is 7.46. The van der Waals surface area contributed by atoms with Crippen molar-refractivity contribution in [2.24, 2.45) is 0 Å². The Morgan fingerprint density at radius 2 is 1.62 bits per heavy atom. The van der Waals surface area contributed by atoms with E-state index in [9.17, 15) is 28.1 Å². The second-order valence-electron chi connectivity index (χ2n) is 10.5. The first-order valence-electron chi connectivity index (χ1n) is 14.3. The molecule has 0 radical (unpaired) electrons. The van der Waals surface area contributed by atoms with E-state index in [1.807, 2.05) is 18.2 Å². The number of halogens is 2. The molecule has 11 nitrogen and oxygen atoms in total. The van der Waals surface area contributed by atoms with Crippen molar-refractivity contribution < 1.29 is 27.7 Å². The number of likely N-dealkylation sites (N-methyl/N-ethyl adjacent to an activating group) is 1. The van der Waals surface area contributed by atoms with E-state index >= 15 is 0 Å². The molecular weight excluding hydrogens is 667 g/mol. The van der Waals surface area contributed by atoms with Gasteiger partial charge in [0.1, 0.15) is 18.3 Å². The molecular formula is C33H32Cl2N4O7S. The fourth-order valence-electron chi connectivity index (χ4n) is 4.91. The van der Waals surface area contributed by atoms with Crippen LogP contribution in [0.2, 0.25) is 10.0 Å². The Bertz CT molecular complexity index is 1870. The highest BCUT2D eigenvalue weighted by atomic mass is 35.5. The van der Waals surface area contributed by atoms with Gasteiger partial charge in [-0.15, -0.1) is 0 Å². The van der Waals surface area contributed by atoms with Gasteiger partial charge >= 0.3 is 0 Å². The fraction of sp³-hybridized carbons (Fsp3) is 0.212. The number of methoxy groups -OCH3 is 1. The van der Waals surface area contributed by atoms with Crippen molar-refractivity contribution in [2.75, 3.05) is 25.0 Å². The number of nitro benzene ring substituents is 1. The number of rotatable bonds is 13. The summed E-state index contributed by atoms with van der Waals surface area (Å²) < 4.78 is 34.5. The van der Waals surface area contributed by atoms with Gasteiger partial charge in [-0.3, -0.25) is 24.0 Å². The van der Waals surface area contributed by atoms with E-state index in [1.54, 1.807) is 30.3 Å². The Labute approximate surface area is 282 Å². The van der Waals surface area contributed by atoms with E-state index in [0.29, 0.717) is 16.3 Å². The van der Waals surface area contributed by atoms with Crippen LogP contribution in [0.4, 0.5) is 11.4 Å². The van der Waals surface area contributed by atoms with Crippen LogP contribution in [-0.2, 0) is 32.6 Å². The lowest BCUT2D eigenvalue weighted by Gasteiger charge is -2.33. The number of nitrogens with zero attached hydrogens (tertiary/aromatic N) is 3. The molecule has 0 aliphatic rings. The van der Waals surface area contributed by atoms with E-state index in [4.69, 9.17) is 27.9 Å². The highest BCUT2D eigenvalue weighted by Gasteiger charge is 2.35. The predicted molar refractivity (Wildman–Crippen MR) is 180 cm³/mol. The number of hydrogen-bond acceptors (Lipinski definition) is 7. The third kappa shape index (κ3) is 8.39. The van der Waals surface area contributed by atoms with Crippen LogP contribution in [0.1, 0.15) is 16.7 Å². The van der Waals surface area contributed by atoms with E-state index in [0.717, 1.165) is 15.9 Å². The highest BCUT2D eigenvalue weighted by molar-refractivity contribution is 7.92. The molecule has 14 heteroatoms. The van der Waals surface area contributed by atoms with Gasteiger partial charge in [0.15, 0.2) is 0 Å². The molecule has 246 valence electrons. The molecule has 4 rings (SSSR count). The number of carbonyl (C=O) groups is 2. The monoisotopic (exact) mass is 698 g/mol. The van der Waals surface area contributed by atoms with Crippen LogP contribution in [0.15, 0.2) is 95.9 Å². The van der Waals surface area contributed by atoms with Gasteiger partial charge in [-0.05, 0) is 60.5 Å². The number of ether oxygens (including phenoxy) is 1. The van der Waals surface area contributed by atoms with Gasteiger partial charge in [-0.25, -0.2) is 8.42 Å². The molecule has 0 saturated carbocycles. The highest BCUT2D eigenvalue weighted by Crippen LogP contribution is 2.30. The van der Waals surface area contributed by atoms with Gasteiger partial charge in [0.25, 0.3) is 15.7 Å². The summed E-state index contributed by atoms with van der Waals surface area (Å²) >= 11 is 12.4. The predicted octanol–water partition coefficient (Wildman–Crippen LogP) is 5.80. The van der Waals surface area contributed by atoms with Crippen LogP contribution < -0.4 is 14.4 Å². The smallest absolute Gasteiger partial charge is 0.273 e. The zero-order valence-electron chi connectivity index (χ0n) is 25.7. The largest absolute Gasteiger partial charge is 0.497 e. The Kier molecular flexibility index (Phi) is 11.5. The first-order chi connectivity index (χ1) is 22.3. The Hall–Kier alpha value is -4.65. The molecule has 0 bridgehead atoms. The summed E-state index contributed by atoms with van der Waals surface area (Å²) in [5, 5.41) is 14.8. The van der Waals surface area contributed by atoms with E-state index in [2.05, 4.69) is 5.32 Å². The second-order valence-corrected chi connectivity index (χ2v) is 13.2. The normalized spacial score (nSPS) is 11.8. The number of nitro groups is 1. The molecule has 1 atom stereocenters. The van der Waals surface area contributed by atoms with Gasteiger partial charge < -0.3 is 15.0 Å². The molecule has 0 saturated heterocycles. The summed E-state index contributed by atoms with van der Waals surface area (Å²) in [6, 6.07) is 22.3. The number of carbonyl (C=O) groups excluding carboxylic acids is 2. The van der Waals surface area contributed by atoms with Crippen LogP contribution in [0, 0.1) is 17.0 Å². The zero-order chi connectivity index (χ0) is 34.3. The zero-order valence-corrected chi connectivity index (χ0v) is 28.1. The molecule has 0 fully saturated rings. The van der Waals surface area contributed by atoms with Crippen molar-refractivity contribution in [2.45, 2.75) is 30.8 Å². The van der Waals surface area contributed by atoms with Gasteiger partial charge in [-0.2, -0.15) is 0 Å². The molecule has 47 heavy (non-hydrogen) atoms. The molecule has 4 aromatic rings. The van der Waals surface area contributed by atoms with Crippen molar-refractivity contribution in [1.29, 1.82) is 0 Å². The molecule has 0 heterocycles. The number of amides is 2. The molecule has 1 unspecified atom stereocenters. The number of nitrogens with one attached hydrogen (secondary N) is 1. The van der Waals surface area contributed by atoms with Gasteiger partial charge in [0.2, 0.25) is 11.8 Å². The Morgan fingerprint density at radius 1 is 0.936 bits per heavy atom. The minimum absolute atomic E-state index is 0.0939. The molecule has 0 aliphatic carbocycles. The fourth-order valence-corrected chi connectivity index (χ4v) is 6.66. The second kappa shape index (κ2) is 15.3. The van der Waals surface area contributed by atoms with E-state index in [-0.39, 0.29) is 34.1 Å². The maximum atomic E-state index is 14.4. The Balaban J connectivity index is 1.84. The standard InChI is InChI=1S/C33H32Cl2N4O7S/c1-22-9-15-27(19-30(22)39(42)43)47(44,45)38(25-11-13-26(46-3)14-12-25)21-32(40)37(20-24-10-16-28(34)29(35)17-24)31(33(41)36-2)18-23-7-5-4-6-8-23/h4-17,19,31H,18,20-21H2,1-3H3,(H,36,41). The quantitative estimate of drug-likeness (QED) is 0.138. The Morgan fingerprint density at radius 3 is 2.21 bits per heavy atom. The lowest BCUT2D eigenvalue weighted by Crippen LogP contribution is -2.53. The number of aryl methyl sites for hydroxylation is 1. The molecule has 1 N–H and O–H groups in total. The van der Waals surface area contributed by atoms with E-state index in [1.165, 1.54) is 62.4 Å². The maximum absolute atomic E-state index is 14.4. The first kappa shape index (κ1) is 35.2. The molecule has 4 aromatic carbocycles. The lowest BCUT2D eigenvalue weighted by atomic mass is 10.0. The van der Waals surface area contributed by atoms with Crippen LogP contribution in [-0.4, -0.2) is 56.8 Å².